The van der Waals surface area contributed by atoms with Gasteiger partial charge in [0.05, 0.1) is 0 Å². The van der Waals surface area contributed by atoms with Gasteiger partial charge in [-0.1, -0.05) is 59.7 Å². The number of aryl methyl sites for hydroxylation is 2. The highest BCUT2D eigenvalue weighted by atomic mass is 16.2. The maximum Gasteiger partial charge on any atom is 0.244 e. The van der Waals surface area contributed by atoms with Gasteiger partial charge in [-0.3, -0.25) is 9.59 Å². The van der Waals surface area contributed by atoms with Gasteiger partial charge in [-0.15, -0.1) is 0 Å². The number of piperidine rings is 1. The van der Waals surface area contributed by atoms with Gasteiger partial charge in [0, 0.05) is 25.6 Å². The van der Waals surface area contributed by atoms with E-state index in [9.17, 15) is 9.59 Å². The summed E-state index contributed by atoms with van der Waals surface area (Å²) >= 11 is 0. The Labute approximate surface area is 166 Å². The van der Waals surface area contributed by atoms with Crippen molar-refractivity contribution in [3.63, 3.8) is 0 Å². The Kier molecular flexibility index (Phi) is 6.47. The number of carbonyl (C=O) groups excluding carboxylic acids is 2. The number of amides is 2. The van der Waals surface area contributed by atoms with E-state index in [0.29, 0.717) is 32.5 Å². The monoisotopic (exact) mass is 379 g/mol. The van der Waals surface area contributed by atoms with Crippen LogP contribution in [0.1, 0.15) is 41.1 Å². The highest BCUT2D eigenvalue weighted by Crippen LogP contribution is 2.21. The third kappa shape index (κ3) is 4.98. The first-order valence-corrected chi connectivity index (χ1v) is 9.88. The van der Waals surface area contributed by atoms with Gasteiger partial charge in [-0.25, -0.2) is 0 Å². The van der Waals surface area contributed by atoms with Crippen molar-refractivity contribution in [2.24, 2.45) is 11.7 Å². The molecule has 28 heavy (non-hydrogen) atoms. The Morgan fingerprint density at radius 3 is 2.11 bits per heavy atom. The first kappa shape index (κ1) is 20.1. The van der Waals surface area contributed by atoms with Crippen molar-refractivity contribution in [2.75, 3.05) is 13.1 Å². The summed E-state index contributed by atoms with van der Waals surface area (Å²) in [6, 6.07) is 15.2. The lowest BCUT2D eigenvalue weighted by molar-refractivity contribution is -0.136. The van der Waals surface area contributed by atoms with Gasteiger partial charge < -0.3 is 16.0 Å². The van der Waals surface area contributed by atoms with Crippen molar-refractivity contribution >= 4 is 11.8 Å². The first-order valence-electron chi connectivity index (χ1n) is 9.88. The number of nitrogens with two attached hydrogens (primary N) is 1. The number of nitrogens with one attached hydrogen (secondary N) is 1. The number of nitrogens with zero attached hydrogens (tertiary/aromatic N) is 1. The molecule has 0 saturated carbocycles. The van der Waals surface area contributed by atoms with E-state index in [1.165, 1.54) is 5.56 Å². The molecule has 3 rings (SSSR count). The fraction of sp³-hybridized carbons (Fsp3) is 0.391. The van der Waals surface area contributed by atoms with E-state index in [2.05, 4.69) is 5.32 Å². The van der Waals surface area contributed by atoms with Gasteiger partial charge in [0.2, 0.25) is 11.8 Å². The van der Waals surface area contributed by atoms with E-state index < -0.39 is 6.04 Å². The summed E-state index contributed by atoms with van der Waals surface area (Å²) in [7, 11) is 0. The molecule has 0 aliphatic carbocycles. The van der Waals surface area contributed by atoms with Crippen molar-refractivity contribution < 1.29 is 9.59 Å². The molecule has 0 bridgehead atoms. The quantitative estimate of drug-likeness (QED) is 0.839. The van der Waals surface area contributed by atoms with Crippen LogP contribution in [0.5, 0.6) is 0 Å². The van der Waals surface area contributed by atoms with Gasteiger partial charge in [0.15, 0.2) is 0 Å². The van der Waals surface area contributed by atoms with Crippen LogP contribution < -0.4 is 11.1 Å². The van der Waals surface area contributed by atoms with Crippen LogP contribution in [-0.4, -0.2) is 29.8 Å². The van der Waals surface area contributed by atoms with E-state index in [1.54, 1.807) is 4.90 Å². The zero-order valence-corrected chi connectivity index (χ0v) is 16.7. The Morgan fingerprint density at radius 1 is 1.00 bits per heavy atom. The molecule has 3 N–H and O–H groups in total. The van der Waals surface area contributed by atoms with Crippen LogP contribution in [-0.2, 0) is 16.1 Å². The second-order valence-electron chi connectivity index (χ2n) is 7.69. The number of rotatable bonds is 5. The van der Waals surface area contributed by atoms with E-state index in [1.807, 2.05) is 62.4 Å². The van der Waals surface area contributed by atoms with E-state index in [0.717, 1.165) is 16.7 Å². The van der Waals surface area contributed by atoms with E-state index in [-0.39, 0.29) is 17.7 Å². The smallest absolute Gasteiger partial charge is 0.244 e. The molecule has 2 amide bonds. The normalized spacial score (nSPS) is 15.9. The first-order chi connectivity index (χ1) is 13.4. The maximum atomic E-state index is 12.7. The molecule has 2 aromatic rings. The molecule has 148 valence electrons. The van der Waals surface area contributed by atoms with Gasteiger partial charge in [0.25, 0.3) is 0 Å². The molecule has 1 saturated heterocycles. The van der Waals surface area contributed by atoms with Gasteiger partial charge in [-0.05, 0) is 37.8 Å². The minimum atomic E-state index is -0.646. The lowest BCUT2D eigenvalue weighted by atomic mass is 9.94. The molecule has 5 nitrogen and oxygen atoms in total. The predicted molar refractivity (Wildman–Crippen MR) is 110 cm³/mol. The van der Waals surface area contributed by atoms with Crippen LogP contribution in [0.2, 0.25) is 0 Å². The number of likely N-dealkylation sites (tertiary alicyclic amines) is 1. The Balaban J connectivity index is 1.47. The topological polar surface area (TPSA) is 75.4 Å². The van der Waals surface area contributed by atoms with Gasteiger partial charge in [-0.2, -0.15) is 0 Å². The van der Waals surface area contributed by atoms with Crippen LogP contribution in [0, 0.1) is 19.8 Å². The summed E-state index contributed by atoms with van der Waals surface area (Å²) in [5, 5.41) is 3.02. The van der Waals surface area contributed by atoms with Crippen molar-refractivity contribution in [1.82, 2.24) is 10.2 Å². The van der Waals surface area contributed by atoms with E-state index in [4.69, 9.17) is 5.73 Å². The largest absolute Gasteiger partial charge is 0.352 e. The van der Waals surface area contributed by atoms with Crippen LogP contribution >= 0.6 is 0 Å². The molecule has 1 atom stereocenters. The summed E-state index contributed by atoms with van der Waals surface area (Å²) in [5.74, 6) is -0.0528. The highest BCUT2D eigenvalue weighted by Gasteiger charge is 2.29. The minimum absolute atomic E-state index is 0.0508. The minimum Gasteiger partial charge on any atom is -0.352 e. The molecule has 0 spiro atoms. The van der Waals surface area contributed by atoms with Crippen molar-refractivity contribution in [3.05, 3.63) is 70.8 Å². The fourth-order valence-corrected chi connectivity index (χ4v) is 3.51. The molecule has 0 aromatic heterocycles. The average Bonchev–Trinajstić information content (AvgIpc) is 2.73. The number of hydrogen-bond acceptors (Lipinski definition) is 3. The summed E-state index contributed by atoms with van der Waals surface area (Å²) < 4.78 is 0. The second kappa shape index (κ2) is 9.02. The molecule has 2 aromatic carbocycles. The Morgan fingerprint density at radius 2 is 1.54 bits per heavy atom. The average molecular weight is 380 g/mol. The summed E-state index contributed by atoms with van der Waals surface area (Å²) in [6.45, 7) is 5.73. The summed E-state index contributed by atoms with van der Waals surface area (Å²) in [5.41, 5.74) is 10.4. The molecule has 1 aliphatic rings. The van der Waals surface area contributed by atoms with E-state index >= 15 is 0 Å². The highest BCUT2D eigenvalue weighted by molar-refractivity contribution is 5.84. The van der Waals surface area contributed by atoms with Crippen LogP contribution in [0.3, 0.4) is 0 Å². The Hall–Kier alpha value is -2.66. The third-order valence-electron chi connectivity index (χ3n) is 5.47. The van der Waals surface area contributed by atoms with Crippen molar-refractivity contribution in [2.45, 2.75) is 39.3 Å². The molecular weight excluding hydrogens is 350 g/mol. The van der Waals surface area contributed by atoms with Gasteiger partial charge >= 0.3 is 0 Å². The number of hydrogen-bond donors (Lipinski definition) is 2. The molecule has 1 heterocycles. The SMILES string of the molecule is Cc1ccc(CNC(=O)C2CCN(C(=O)C(N)c3ccc(C)cc3)CC2)cc1. The summed E-state index contributed by atoms with van der Waals surface area (Å²) in [6.07, 6.45) is 1.35. The molecule has 5 heteroatoms. The number of carbonyl (C=O) groups is 2. The third-order valence-corrected chi connectivity index (χ3v) is 5.47. The predicted octanol–water partition coefficient (Wildman–Crippen LogP) is 2.86. The zero-order chi connectivity index (χ0) is 20.1. The van der Waals surface area contributed by atoms with Crippen LogP contribution in [0.25, 0.3) is 0 Å². The van der Waals surface area contributed by atoms with Crippen LogP contribution in [0.15, 0.2) is 48.5 Å². The molecule has 0 radical (unpaired) electrons. The Bertz CT molecular complexity index is 807. The zero-order valence-electron chi connectivity index (χ0n) is 16.7. The number of benzene rings is 2. The lowest BCUT2D eigenvalue weighted by Gasteiger charge is -2.33. The van der Waals surface area contributed by atoms with Crippen LogP contribution in [0.4, 0.5) is 0 Å². The molecular formula is C23H29N3O2. The summed E-state index contributed by atoms with van der Waals surface area (Å²) in [4.78, 5) is 26.9. The van der Waals surface area contributed by atoms with Gasteiger partial charge in [0.1, 0.15) is 6.04 Å². The lowest BCUT2D eigenvalue weighted by Crippen LogP contribution is -2.46. The molecule has 1 aliphatic heterocycles. The molecule has 1 fully saturated rings. The molecule has 1 unspecified atom stereocenters. The maximum absolute atomic E-state index is 12.7. The standard InChI is InChI=1S/C23H29N3O2/c1-16-3-7-18(8-4-16)15-25-22(27)20-11-13-26(14-12-20)23(28)21(24)19-9-5-17(2)6-10-19/h3-10,20-21H,11-15,24H2,1-2H3,(H,25,27). The van der Waals surface area contributed by atoms with Crippen molar-refractivity contribution in [1.29, 1.82) is 0 Å². The second-order valence-corrected chi connectivity index (χ2v) is 7.69. The van der Waals surface area contributed by atoms with Crippen molar-refractivity contribution in [3.8, 4) is 0 Å². The fourth-order valence-electron chi connectivity index (χ4n) is 3.51.